The smallest absolute Gasteiger partial charge is 0.306 e. The Morgan fingerprint density at radius 1 is 1.00 bits per heavy atom. The van der Waals surface area contributed by atoms with Crippen LogP contribution in [0.25, 0.3) is 0 Å². The molecule has 0 aromatic heterocycles. The second-order valence-corrected chi connectivity index (χ2v) is 4.70. The molecule has 0 saturated heterocycles. The molecule has 0 atom stereocenters. The van der Waals surface area contributed by atoms with Crippen LogP contribution in [0.1, 0.15) is 18.1 Å². The van der Waals surface area contributed by atoms with Crippen LogP contribution in [0.3, 0.4) is 0 Å². The molecule has 4 heteroatoms. The highest BCUT2D eigenvalue weighted by Crippen LogP contribution is 2.32. The Balaban J connectivity index is 2.12. The van der Waals surface area contributed by atoms with Crippen molar-refractivity contribution >= 4 is 0 Å². The van der Waals surface area contributed by atoms with Crippen molar-refractivity contribution in [3.8, 4) is 11.5 Å². The van der Waals surface area contributed by atoms with Gasteiger partial charge in [-0.05, 0) is 24.1 Å². The van der Waals surface area contributed by atoms with E-state index < -0.39 is 12.5 Å². The Labute approximate surface area is 123 Å². The summed E-state index contributed by atoms with van der Waals surface area (Å²) in [7, 11) is 1.50. The number of hydrogen-bond donors (Lipinski definition) is 0. The lowest BCUT2D eigenvalue weighted by Crippen LogP contribution is -2.23. The van der Waals surface area contributed by atoms with Gasteiger partial charge in [-0.2, -0.15) is 8.78 Å². The van der Waals surface area contributed by atoms with Gasteiger partial charge in [-0.1, -0.05) is 43.3 Å². The van der Waals surface area contributed by atoms with Gasteiger partial charge in [-0.15, -0.1) is 0 Å². The third-order valence-electron chi connectivity index (χ3n) is 3.24. The van der Waals surface area contributed by atoms with E-state index in [0.717, 1.165) is 12.0 Å². The van der Waals surface area contributed by atoms with Gasteiger partial charge in [0.25, 0.3) is 0 Å². The van der Waals surface area contributed by atoms with E-state index >= 15 is 0 Å². The third kappa shape index (κ3) is 3.72. The van der Waals surface area contributed by atoms with Crippen LogP contribution in [-0.4, -0.2) is 13.7 Å². The molecule has 0 N–H and O–H groups in total. The van der Waals surface area contributed by atoms with Crippen molar-refractivity contribution in [2.45, 2.75) is 19.3 Å². The van der Waals surface area contributed by atoms with Gasteiger partial charge >= 0.3 is 5.92 Å². The second kappa shape index (κ2) is 6.57. The molecule has 112 valence electrons. The maximum Gasteiger partial charge on any atom is 0.306 e. The molecule has 0 spiro atoms. The van der Waals surface area contributed by atoms with E-state index in [1.54, 1.807) is 30.3 Å². The van der Waals surface area contributed by atoms with E-state index in [4.69, 9.17) is 9.47 Å². The first kappa shape index (κ1) is 15.3. The van der Waals surface area contributed by atoms with Crippen LogP contribution in [-0.2, 0) is 12.3 Å². The Morgan fingerprint density at radius 3 is 2.33 bits per heavy atom. The maximum atomic E-state index is 14.1. The van der Waals surface area contributed by atoms with Crippen LogP contribution >= 0.6 is 0 Å². The minimum absolute atomic E-state index is 0.0610. The predicted octanol–water partition coefficient (Wildman–Crippen LogP) is 4.43. The lowest BCUT2D eigenvalue weighted by Gasteiger charge is -2.18. The fourth-order valence-corrected chi connectivity index (χ4v) is 1.98. The average molecular weight is 292 g/mol. The average Bonchev–Trinajstić information content (AvgIpc) is 2.53. The summed E-state index contributed by atoms with van der Waals surface area (Å²) in [6.07, 6.45) is 0.844. The van der Waals surface area contributed by atoms with Crippen molar-refractivity contribution in [2.24, 2.45) is 0 Å². The standard InChI is InChI=1S/C17H18F2O2/c1-3-13-9-10-15(16(11-13)20-2)21-12-17(18,19)14-7-5-4-6-8-14/h4-11H,3,12H2,1-2H3. The highest BCUT2D eigenvalue weighted by molar-refractivity contribution is 5.43. The van der Waals surface area contributed by atoms with E-state index in [-0.39, 0.29) is 5.56 Å². The fourth-order valence-electron chi connectivity index (χ4n) is 1.98. The molecular formula is C17H18F2O2. The Morgan fingerprint density at radius 2 is 1.71 bits per heavy atom. The SMILES string of the molecule is CCc1ccc(OCC(F)(F)c2ccccc2)c(OC)c1. The summed E-state index contributed by atoms with van der Waals surface area (Å²) in [4.78, 5) is 0. The highest BCUT2D eigenvalue weighted by atomic mass is 19.3. The molecule has 0 saturated carbocycles. The second-order valence-electron chi connectivity index (χ2n) is 4.70. The van der Waals surface area contributed by atoms with Gasteiger partial charge in [0.2, 0.25) is 0 Å². The molecule has 0 unspecified atom stereocenters. The van der Waals surface area contributed by atoms with Crippen molar-refractivity contribution in [3.05, 3.63) is 59.7 Å². The van der Waals surface area contributed by atoms with Crippen molar-refractivity contribution in [1.82, 2.24) is 0 Å². The molecule has 21 heavy (non-hydrogen) atoms. The van der Waals surface area contributed by atoms with Crippen LogP contribution in [0.2, 0.25) is 0 Å². The van der Waals surface area contributed by atoms with E-state index in [0.29, 0.717) is 11.5 Å². The van der Waals surface area contributed by atoms with Crippen LogP contribution in [0.15, 0.2) is 48.5 Å². The molecule has 0 radical (unpaired) electrons. The molecule has 0 aliphatic heterocycles. The maximum absolute atomic E-state index is 14.1. The largest absolute Gasteiger partial charge is 0.493 e. The zero-order chi connectivity index (χ0) is 15.3. The lowest BCUT2D eigenvalue weighted by molar-refractivity contribution is -0.0472. The summed E-state index contributed by atoms with van der Waals surface area (Å²) in [5, 5.41) is 0. The first-order valence-electron chi connectivity index (χ1n) is 6.80. The monoisotopic (exact) mass is 292 g/mol. The molecule has 2 rings (SSSR count). The first-order valence-corrected chi connectivity index (χ1v) is 6.80. The number of alkyl halides is 2. The van der Waals surface area contributed by atoms with Crippen LogP contribution in [0, 0.1) is 0 Å². The van der Waals surface area contributed by atoms with Gasteiger partial charge < -0.3 is 9.47 Å². The molecule has 0 heterocycles. The fraction of sp³-hybridized carbons (Fsp3) is 0.294. The molecule has 0 aliphatic rings. The Hall–Kier alpha value is -2.10. The summed E-state index contributed by atoms with van der Waals surface area (Å²) in [6.45, 7) is 1.29. The number of rotatable bonds is 6. The zero-order valence-corrected chi connectivity index (χ0v) is 12.1. The zero-order valence-electron chi connectivity index (χ0n) is 12.1. The normalized spacial score (nSPS) is 11.2. The van der Waals surface area contributed by atoms with Gasteiger partial charge in [-0.3, -0.25) is 0 Å². The number of hydrogen-bond acceptors (Lipinski definition) is 2. The van der Waals surface area contributed by atoms with Crippen molar-refractivity contribution < 1.29 is 18.3 Å². The van der Waals surface area contributed by atoms with Crippen LogP contribution < -0.4 is 9.47 Å². The van der Waals surface area contributed by atoms with Crippen molar-refractivity contribution in [1.29, 1.82) is 0 Å². The third-order valence-corrected chi connectivity index (χ3v) is 3.24. The topological polar surface area (TPSA) is 18.5 Å². The summed E-state index contributed by atoms with van der Waals surface area (Å²) in [6, 6.07) is 13.0. The number of methoxy groups -OCH3 is 1. The Bertz CT molecular complexity index is 583. The Kier molecular flexibility index (Phi) is 4.78. The minimum atomic E-state index is -3.05. The molecular weight excluding hydrogens is 274 g/mol. The van der Waals surface area contributed by atoms with Gasteiger partial charge in [0.05, 0.1) is 7.11 Å². The summed E-state index contributed by atoms with van der Waals surface area (Å²) >= 11 is 0. The van der Waals surface area contributed by atoms with E-state index in [2.05, 4.69) is 0 Å². The molecule has 2 aromatic rings. The quantitative estimate of drug-likeness (QED) is 0.784. The molecule has 2 nitrogen and oxygen atoms in total. The molecule has 0 fully saturated rings. The van der Waals surface area contributed by atoms with E-state index in [9.17, 15) is 8.78 Å². The number of benzene rings is 2. The summed E-state index contributed by atoms with van der Waals surface area (Å²) in [5.41, 5.74) is 1.00. The molecule has 0 aliphatic carbocycles. The van der Waals surface area contributed by atoms with Gasteiger partial charge in [0, 0.05) is 5.56 Å². The summed E-state index contributed by atoms with van der Waals surface area (Å²) < 4.78 is 38.6. The minimum Gasteiger partial charge on any atom is -0.493 e. The van der Waals surface area contributed by atoms with Crippen LogP contribution in [0.4, 0.5) is 8.78 Å². The van der Waals surface area contributed by atoms with Gasteiger partial charge in [-0.25, -0.2) is 0 Å². The number of ether oxygens (including phenoxy) is 2. The van der Waals surface area contributed by atoms with Crippen molar-refractivity contribution in [3.63, 3.8) is 0 Å². The molecule has 0 bridgehead atoms. The molecule has 2 aromatic carbocycles. The molecule has 0 amide bonds. The lowest BCUT2D eigenvalue weighted by atomic mass is 10.1. The van der Waals surface area contributed by atoms with Gasteiger partial charge in [0.1, 0.15) is 0 Å². The summed E-state index contributed by atoms with van der Waals surface area (Å²) in [5.74, 6) is -2.25. The predicted molar refractivity (Wildman–Crippen MR) is 78.2 cm³/mol. The number of halogens is 2. The first-order chi connectivity index (χ1) is 10.1. The number of aryl methyl sites for hydroxylation is 1. The van der Waals surface area contributed by atoms with Crippen molar-refractivity contribution in [2.75, 3.05) is 13.7 Å². The van der Waals surface area contributed by atoms with E-state index in [1.807, 2.05) is 13.0 Å². The van der Waals surface area contributed by atoms with E-state index in [1.165, 1.54) is 19.2 Å². The highest BCUT2D eigenvalue weighted by Gasteiger charge is 2.32. The van der Waals surface area contributed by atoms with Crippen LogP contribution in [0.5, 0.6) is 11.5 Å². The van der Waals surface area contributed by atoms with Gasteiger partial charge in [0.15, 0.2) is 18.1 Å².